The van der Waals surface area contributed by atoms with Crippen LogP contribution in [0.3, 0.4) is 0 Å². The fourth-order valence-corrected chi connectivity index (χ4v) is 4.25. The standard InChI is InChI=1S/C19H37N3O2.2ClH/c1-6-21(7-2)14-15-9-11-22(12-10-15)17(23)19(20)13-16(24-8-3)18(19,4)5;;/h15-16H,6-14,20H2,1-5H3;2*1H. The van der Waals surface area contributed by atoms with E-state index in [1.54, 1.807) is 0 Å². The van der Waals surface area contributed by atoms with Crippen LogP contribution in [0.5, 0.6) is 0 Å². The van der Waals surface area contributed by atoms with Crippen molar-refractivity contribution in [2.75, 3.05) is 39.3 Å². The Bertz CT molecular complexity index is 439. The molecule has 156 valence electrons. The molecule has 7 heteroatoms. The van der Waals surface area contributed by atoms with Crippen LogP contribution in [-0.2, 0) is 9.53 Å². The normalized spacial score (nSPS) is 28.1. The van der Waals surface area contributed by atoms with Gasteiger partial charge in [-0.3, -0.25) is 4.79 Å². The summed E-state index contributed by atoms with van der Waals surface area (Å²) < 4.78 is 5.76. The predicted molar refractivity (Wildman–Crippen MR) is 112 cm³/mol. The number of carbonyl (C=O) groups excluding carboxylic acids is 1. The largest absolute Gasteiger partial charge is 0.378 e. The summed E-state index contributed by atoms with van der Waals surface area (Å²) in [5.74, 6) is 0.831. The van der Waals surface area contributed by atoms with Crippen LogP contribution in [-0.4, -0.2) is 66.7 Å². The van der Waals surface area contributed by atoms with Gasteiger partial charge < -0.3 is 20.3 Å². The number of rotatable bonds is 7. The minimum absolute atomic E-state index is 0. The van der Waals surface area contributed by atoms with Crippen LogP contribution in [0.4, 0.5) is 0 Å². The molecule has 0 aromatic heterocycles. The molecule has 2 unspecified atom stereocenters. The molecule has 1 saturated carbocycles. The number of hydrogen-bond donors (Lipinski definition) is 1. The maximum absolute atomic E-state index is 13.0. The van der Waals surface area contributed by atoms with Gasteiger partial charge >= 0.3 is 0 Å². The molecule has 0 aromatic carbocycles. The van der Waals surface area contributed by atoms with Crippen molar-refractivity contribution >= 4 is 30.7 Å². The summed E-state index contributed by atoms with van der Waals surface area (Å²) in [5, 5.41) is 0. The Hall–Kier alpha value is -0.0700. The van der Waals surface area contributed by atoms with E-state index in [4.69, 9.17) is 10.5 Å². The Morgan fingerprint density at radius 3 is 2.12 bits per heavy atom. The Morgan fingerprint density at radius 2 is 1.69 bits per heavy atom. The number of nitrogens with zero attached hydrogens (tertiary/aromatic N) is 2. The second kappa shape index (κ2) is 10.5. The van der Waals surface area contributed by atoms with Crippen LogP contribution in [0.25, 0.3) is 0 Å². The quantitative estimate of drug-likeness (QED) is 0.699. The summed E-state index contributed by atoms with van der Waals surface area (Å²) in [6.45, 7) is 16.3. The third-order valence-electron chi connectivity index (χ3n) is 6.52. The molecule has 1 heterocycles. The van der Waals surface area contributed by atoms with E-state index < -0.39 is 5.54 Å². The summed E-state index contributed by atoms with van der Waals surface area (Å²) >= 11 is 0. The first-order valence-corrected chi connectivity index (χ1v) is 9.72. The molecule has 2 rings (SSSR count). The number of hydrogen-bond acceptors (Lipinski definition) is 4. The molecule has 1 amide bonds. The molecule has 5 nitrogen and oxygen atoms in total. The first-order chi connectivity index (χ1) is 11.3. The second-order valence-electron chi connectivity index (χ2n) is 8.06. The molecule has 1 aliphatic heterocycles. The lowest BCUT2D eigenvalue weighted by molar-refractivity contribution is -0.180. The van der Waals surface area contributed by atoms with Crippen molar-refractivity contribution in [3.63, 3.8) is 0 Å². The smallest absolute Gasteiger partial charge is 0.243 e. The van der Waals surface area contributed by atoms with Gasteiger partial charge in [0, 0.05) is 38.1 Å². The van der Waals surface area contributed by atoms with Crippen molar-refractivity contribution in [1.82, 2.24) is 9.80 Å². The lowest BCUT2D eigenvalue weighted by Crippen LogP contribution is -2.76. The zero-order valence-corrected chi connectivity index (χ0v) is 18.8. The molecule has 1 aliphatic carbocycles. The van der Waals surface area contributed by atoms with E-state index in [1.807, 2.05) is 11.8 Å². The minimum Gasteiger partial charge on any atom is -0.378 e. The van der Waals surface area contributed by atoms with Crippen molar-refractivity contribution in [2.45, 2.75) is 65.5 Å². The zero-order valence-electron chi connectivity index (χ0n) is 17.1. The topological polar surface area (TPSA) is 58.8 Å². The van der Waals surface area contributed by atoms with E-state index in [2.05, 4.69) is 32.6 Å². The molecule has 2 atom stereocenters. The van der Waals surface area contributed by atoms with Crippen LogP contribution in [0, 0.1) is 11.3 Å². The average Bonchev–Trinajstić information content (AvgIpc) is 2.59. The van der Waals surface area contributed by atoms with Gasteiger partial charge in [-0.2, -0.15) is 0 Å². The third kappa shape index (κ3) is 4.85. The number of halogens is 2. The first kappa shape index (κ1) is 25.9. The van der Waals surface area contributed by atoms with Crippen molar-refractivity contribution < 1.29 is 9.53 Å². The van der Waals surface area contributed by atoms with Crippen LogP contribution in [0.15, 0.2) is 0 Å². The summed E-state index contributed by atoms with van der Waals surface area (Å²) in [6, 6.07) is 0. The molecule has 26 heavy (non-hydrogen) atoms. The number of nitrogens with two attached hydrogens (primary N) is 1. The molecule has 0 spiro atoms. The van der Waals surface area contributed by atoms with E-state index in [-0.39, 0.29) is 42.2 Å². The molecular formula is C19H39Cl2N3O2. The van der Waals surface area contributed by atoms with E-state index >= 15 is 0 Å². The predicted octanol–water partition coefficient (Wildman–Crippen LogP) is 2.94. The third-order valence-corrected chi connectivity index (χ3v) is 6.52. The first-order valence-electron chi connectivity index (χ1n) is 9.72. The summed E-state index contributed by atoms with van der Waals surface area (Å²) in [6.07, 6.45) is 2.92. The van der Waals surface area contributed by atoms with Gasteiger partial charge in [0.05, 0.1) is 6.10 Å². The molecule has 0 aromatic rings. The fourth-order valence-electron chi connectivity index (χ4n) is 4.25. The molecule has 0 radical (unpaired) electrons. The van der Waals surface area contributed by atoms with Crippen molar-refractivity contribution in [2.24, 2.45) is 17.1 Å². The lowest BCUT2D eigenvalue weighted by Gasteiger charge is -2.59. The summed E-state index contributed by atoms with van der Waals surface area (Å²) in [7, 11) is 0. The molecule has 2 aliphatic rings. The highest BCUT2D eigenvalue weighted by molar-refractivity contribution is 5.89. The monoisotopic (exact) mass is 411 g/mol. The molecular weight excluding hydrogens is 373 g/mol. The Labute approximate surface area is 172 Å². The molecule has 2 N–H and O–H groups in total. The number of carbonyl (C=O) groups is 1. The van der Waals surface area contributed by atoms with Gasteiger partial charge in [-0.05, 0) is 38.8 Å². The highest BCUT2D eigenvalue weighted by Crippen LogP contribution is 2.50. The van der Waals surface area contributed by atoms with Gasteiger partial charge in [0.2, 0.25) is 5.91 Å². The van der Waals surface area contributed by atoms with E-state index in [9.17, 15) is 4.79 Å². The Kier molecular flexibility index (Phi) is 10.4. The Balaban J connectivity index is 0.00000312. The number of ether oxygens (including phenoxy) is 1. The second-order valence-corrected chi connectivity index (χ2v) is 8.06. The van der Waals surface area contributed by atoms with Gasteiger partial charge in [0.15, 0.2) is 0 Å². The Morgan fingerprint density at radius 1 is 1.15 bits per heavy atom. The lowest BCUT2D eigenvalue weighted by atomic mass is 9.54. The number of piperidine rings is 1. The minimum atomic E-state index is -0.765. The highest BCUT2D eigenvalue weighted by Gasteiger charge is 2.63. The van der Waals surface area contributed by atoms with Crippen molar-refractivity contribution in [1.29, 1.82) is 0 Å². The number of likely N-dealkylation sites (tertiary alicyclic amines) is 1. The molecule has 1 saturated heterocycles. The van der Waals surface area contributed by atoms with Crippen molar-refractivity contribution in [3.8, 4) is 0 Å². The van der Waals surface area contributed by atoms with E-state index in [1.165, 1.54) is 0 Å². The maximum Gasteiger partial charge on any atom is 0.243 e. The summed E-state index contributed by atoms with van der Waals surface area (Å²) in [5.41, 5.74) is 5.50. The van der Waals surface area contributed by atoms with Gasteiger partial charge in [-0.15, -0.1) is 24.8 Å². The summed E-state index contributed by atoms with van der Waals surface area (Å²) in [4.78, 5) is 17.5. The van der Waals surface area contributed by atoms with Crippen LogP contribution in [0.1, 0.15) is 53.9 Å². The van der Waals surface area contributed by atoms with Gasteiger partial charge in [0.1, 0.15) is 5.54 Å². The van der Waals surface area contributed by atoms with Crippen LogP contribution in [0.2, 0.25) is 0 Å². The van der Waals surface area contributed by atoms with Gasteiger partial charge in [-0.1, -0.05) is 27.7 Å². The molecule has 2 fully saturated rings. The van der Waals surface area contributed by atoms with Crippen LogP contribution >= 0.6 is 24.8 Å². The maximum atomic E-state index is 13.0. The zero-order chi connectivity index (χ0) is 18.0. The van der Waals surface area contributed by atoms with Crippen LogP contribution < -0.4 is 5.73 Å². The van der Waals surface area contributed by atoms with E-state index in [0.717, 1.165) is 45.6 Å². The average molecular weight is 412 g/mol. The molecule has 0 bridgehead atoms. The van der Waals surface area contributed by atoms with E-state index in [0.29, 0.717) is 18.9 Å². The number of amides is 1. The SMILES string of the molecule is CCOC1CC(N)(C(=O)N2CCC(CN(CC)CC)CC2)C1(C)C.Cl.Cl. The van der Waals surface area contributed by atoms with Gasteiger partial charge in [-0.25, -0.2) is 0 Å². The highest BCUT2D eigenvalue weighted by atomic mass is 35.5. The van der Waals surface area contributed by atoms with Crippen molar-refractivity contribution in [3.05, 3.63) is 0 Å². The van der Waals surface area contributed by atoms with Gasteiger partial charge in [0.25, 0.3) is 0 Å². The fraction of sp³-hybridized carbons (Fsp3) is 0.947.